The van der Waals surface area contributed by atoms with Crippen LogP contribution < -0.4 is 0 Å². The molecule has 3 heteroatoms. The zero-order valence-corrected chi connectivity index (χ0v) is 14.9. The van der Waals surface area contributed by atoms with Gasteiger partial charge in [-0.3, -0.25) is 9.59 Å². The number of hydrogen-bond acceptors (Lipinski definition) is 3. The van der Waals surface area contributed by atoms with Gasteiger partial charge in [0.1, 0.15) is 18.4 Å². The molecule has 2 saturated carbocycles. The summed E-state index contributed by atoms with van der Waals surface area (Å²) in [4.78, 5) is 35.6. The Hall–Kier alpha value is -1.25. The monoisotopic (exact) mass is 318 g/mol. The minimum atomic E-state index is -0.304. The smallest absolute Gasteiger partial charge is 0.145 e. The molecule has 1 unspecified atom stereocenters. The molecular formula is C20H30O3. The highest BCUT2D eigenvalue weighted by molar-refractivity contribution is 5.83. The van der Waals surface area contributed by atoms with E-state index in [4.69, 9.17) is 0 Å². The van der Waals surface area contributed by atoms with Crippen molar-refractivity contribution in [3.05, 3.63) is 11.6 Å². The molecule has 128 valence electrons. The quantitative estimate of drug-likeness (QED) is 0.565. The summed E-state index contributed by atoms with van der Waals surface area (Å²) in [6, 6.07) is 0. The average molecular weight is 318 g/mol. The third kappa shape index (κ3) is 3.20. The first-order valence-corrected chi connectivity index (χ1v) is 8.93. The standard InChI is InChI=1S/C20H30O3/c1-14(2)15(12-21)6-7-16-17(23)8-9-18-19(3,13-22)10-5-11-20(16,18)4/h6,12-14,16,18H,5,7-11H2,1-4H3/b15-6-/t16-,18-,19?,20+/m0/s1. The molecule has 0 radical (unpaired) electrons. The van der Waals surface area contributed by atoms with Crippen LogP contribution >= 0.6 is 0 Å². The molecule has 0 amide bonds. The van der Waals surface area contributed by atoms with Gasteiger partial charge in [0.25, 0.3) is 0 Å². The van der Waals surface area contributed by atoms with Crippen LogP contribution in [0.15, 0.2) is 11.6 Å². The van der Waals surface area contributed by atoms with Gasteiger partial charge in [0.2, 0.25) is 0 Å². The molecule has 0 saturated heterocycles. The van der Waals surface area contributed by atoms with Gasteiger partial charge in [-0.1, -0.05) is 40.2 Å². The van der Waals surface area contributed by atoms with Crippen LogP contribution in [0.4, 0.5) is 0 Å². The first kappa shape index (κ1) is 18.1. The first-order valence-electron chi connectivity index (χ1n) is 8.93. The van der Waals surface area contributed by atoms with Gasteiger partial charge in [0.15, 0.2) is 0 Å². The van der Waals surface area contributed by atoms with E-state index in [9.17, 15) is 14.4 Å². The summed E-state index contributed by atoms with van der Waals surface area (Å²) in [6.07, 6.45) is 8.96. The Balaban J connectivity index is 2.32. The van der Waals surface area contributed by atoms with E-state index in [1.807, 2.05) is 19.9 Å². The SMILES string of the molecule is CC(C)/C(C=O)=C\C[C@H]1C(=O)CC[C@H]2C(C)(C=O)CCC[C@]12C. The molecule has 0 aliphatic heterocycles. The summed E-state index contributed by atoms with van der Waals surface area (Å²) in [6.45, 7) is 8.26. The molecule has 2 fully saturated rings. The van der Waals surface area contributed by atoms with Crippen LogP contribution in [0.2, 0.25) is 0 Å². The Morgan fingerprint density at radius 1 is 1.26 bits per heavy atom. The number of carbonyl (C=O) groups excluding carboxylic acids is 3. The van der Waals surface area contributed by atoms with Crippen LogP contribution in [0, 0.1) is 28.6 Å². The fourth-order valence-corrected chi connectivity index (χ4v) is 5.07. The molecule has 23 heavy (non-hydrogen) atoms. The van der Waals surface area contributed by atoms with Gasteiger partial charge in [0, 0.05) is 17.8 Å². The Labute approximate surface area is 139 Å². The van der Waals surface area contributed by atoms with E-state index in [0.29, 0.717) is 18.6 Å². The predicted octanol–water partition coefficient (Wildman–Crippen LogP) is 4.15. The van der Waals surface area contributed by atoms with Crippen molar-refractivity contribution in [3.8, 4) is 0 Å². The van der Waals surface area contributed by atoms with Gasteiger partial charge in [-0.25, -0.2) is 0 Å². The molecule has 0 spiro atoms. The second-order valence-corrected chi connectivity index (χ2v) is 8.31. The predicted molar refractivity (Wildman–Crippen MR) is 91.0 cm³/mol. The van der Waals surface area contributed by atoms with E-state index in [1.54, 1.807) is 0 Å². The van der Waals surface area contributed by atoms with Crippen LogP contribution in [-0.4, -0.2) is 18.4 Å². The summed E-state index contributed by atoms with van der Waals surface area (Å²) in [5, 5.41) is 0. The Bertz CT molecular complexity index is 519. The lowest BCUT2D eigenvalue weighted by Crippen LogP contribution is -2.53. The molecule has 0 aromatic carbocycles. The van der Waals surface area contributed by atoms with Crippen molar-refractivity contribution in [1.29, 1.82) is 0 Å². The van der Waals surface area contributed by atoms with Gasteiger partial charge in [0.05, 0.1) is 0 Å². The normalized spacial score (nSPS) is 38.3. The summed E-state index contributed by atoms with van der Waals surface area (Å²) in [7, 11) is 0. The maximum atomic E-state index is 12.6. The van der Waals surface area contributed by atoms with Crippen molar-refractivity contribution in [2.45, 2.75) is 66.2 Å². The number of allylic oxidation sites excluding steroid dienone is 2. The van der Waals surface area contributed by atoms with Crippen LogP contribution in [0.25, 0.3) is 0 Å². The largest absolute Gasteiger partial charge is 0.303 e. The molecular weight excluding hydrogens is 288 g/mol. The summed E-state index contributed by atoms with van der Waals surface area (Å²) < 4.78 is 0. The van der Waals surface area contributed by atoms with Crippen molar-refractivity contribution in [3.63, 3.8) is 0 Å². The maximum absolute atomic E-state index is 12.6. The number of rotatable bonds is 5. The van der Waals surface area contributed by atoms with E-state index < -0.39 is 0 Å². The highest BCUT2D eigenvalue weighted by atomic mass is 16.1. The number of ketones is 1. The van der Waals surface area contributed by atoms with Gasteiger partial charge >= 0.3 is 0 Å². The summed E-state index contributed by atoms with van der Waals surface area (Å²) >= 11 is 0. The fourth-order valence-electron chi connectivity index (χ4n) is 5.07. The third-order valence-corrected chi connectivity index (χ3v) is 6.55. The summed E-state index contributed by atoms with van der Waals surface area (Å²) in [5.41, 5.74) is 0.351. The number of aldehydes is 2. The van der Waals surface area contributed by atoms with Crippen molar-refractivity contribution < 1.29 is 14.4 Å². The lowest BCUT2D eigenvalue weighted by Gasteiger charge is -2.55. The summed E-state index contributed by atoms with van der Waals surface area (Å²) in [5.74, 6) is 0.705. The maximum Gasteiger partial charge on any atom is 0.145 e. The number of fused-ring (bicyclic) bond motifs is 1. The molecule has 2 rings (SSSR count). The van der Waals surface area contributed by atoms with E-state index in [0.717, 1.165) is 43.8 Å². The molecule has 0 heterocycles. The molecule has 0 aromatic heterocycles. The minimum absolute atomic E-state index is 0.0606. The zero-order chi connectivity index (χ0) is 17.3. The van der Waals surface area contributed by atoms with E-state index in [1.165, 1.54) is 0 Å². The highest BCUT2D eigenvalue weighted by Crippen LogP contribution is 2.59. The second-order valence-electron chi connectivity index (χ2n) is 8.31. The van der Waals surface area contributed by atoms with Crippen LogP contribution in [-0.2, 0) is 14.4 Å². The van der Waals surface area contributed by atoms with Gasteiger partial charge < -0.3 is 4.79 Å². The van der Waals surface area contributed by atoms with Crippen molar-refractivity contribution >= 4 is 18.4 Å². The lowest BCUT2D eigenvalue weighted by atomic mass is 9.47. The molecule has 0 bridgehead atoms. The highest BCUT2D eigenvalue weighted by Gasteiger charge is 2.55. The Kier molecular flexibility index (Phi) is 5.27. The van der Waals surface area contributed by atoms with Crippen LogP contribution in [0.3, 0.4) is 0 Å². The Morgan fingerprint density at radius 3 is 2.52 bits per heavy atom. The number of hydrogen-bond donors (Lipinski definition) is 0. The third-order valence-electron chi connectivity index (χ3n) is 6.55. The van der Waals surface area contributed by atoms with Gasteiger partial charge in [-0.15, -0.1) is 0 Å². The number of Topliss-reactive ketones (excluding diaryl/α,β-unsaturated/α-hetero) is 1. The van der Waals surface area contributed by atoms with E-state index in [-0.39, 0.29) is 28.6 Å². The van der Waals surface area contributed by atoms with E-state index >= 15 is 0 Å². The van der Waals surface area contributed by atoms with Crippen molar-refractivity contribution in [2.24, 2.45) is 28.6 Å². The first-order chi connectivity index (χ1) is 10.8. The van der Waals surface area contributed by atoms with Crippen LogP contribution in [0.1, 0.15) is 66.2 Å². The minimum Gasteiger partial charge on any atom is -0.303 e. The Morgan fingerprint density at radius 2 is 1.96 bits per heavy atom. The second kappa shape index (κ2) is 6.70. The molecule has 0 N–H and O–H groups in total. The fraction of sp³-hybridized carbons (Fsp3) is 0.750. The molecule has 0 aromatic rings. The molecule has 2 aliphatic carbocycles. The van der Waals surface area contributed by atoms with Gasteiger partial charge in [-0.05, 0) is 48.5 Å². The topological polar surface area (TPSA) is 51.2 Å². The lowest BCUT2D eigenvalue weighted by molar-refractivity contribution is -0.148. The van der Waals surface area contributed by atoms with Crippen LogP contribution in [0.5, 0.6) is 0 Å². The zero-order valence-electron chi connectivity index (χ0n) is 14.9. The molecule has 2 aliphatic rings. The molecule has 4 atom stereocenters. The van der Waals surface area contributed by atoms with Crippen molar-refractivity contribution in [1.82, 2.24) is 0 Å². The molecule has 3 nitrogen and oxygen atoms in total. The number of carbonyl (C=O) groups is 3. The van der Waals surface area contributed by atoms with E-state index in [2.05, 4.69) is 13.8 Å². The van der Waals surface area contributed by atoms with Gasteiger partial charge in [-0.2, -0.15) is 0 Å². The average Bonchev–Trinajstić information content (AvgIpc) is 2.49. The van der Waals surface area contributed by atoms with Crippen molar-refractivity contribution in [2.75, 3.05) is 0 Å².